The Morgan fingerprint density at radius 3 is 2.83 bits per heavy atom. The Morgan fingerprint density at radius 1 is 1.33 bits per heavy atom. The van der Waals surface area contributed by atoms with Gasteiger partial charge in [-0.15, -0.1) is 0 Å². The lowest BCUT2D eigenvalue weighted by molar-refractivity contribution is -0.116. The molecule has 2 aliphatic heterocycles. The van der Waals surface area contributed by atoms with Gasteiger partial charge in [0.05, 0.1) is 0 Å². The molecule has 1 fully saturated rings. The number of allylic oxidation sites excluding steroid dienone is 1. The fourth-order valence-electron chi connectivity index (χ4n) is 3.28. The molecule has 130 valence electrons. The Kier molecular flexibility index (Phi) is 5.09. The van der Waals surface area contributed by atoms with E-state index in [4.69, 9.17) is 9.47 Å². The standard InChI is InChI=1S/C19H26N2O3/c1-13(2)6-19(22)20-9-15-4-5-21(10-15)11-16-8-18-17(7-14(16)3)23-12-24-18/h6-8,15H,4-5,9-12H2,1-3H3,(H,20,22)/t15-/m1/s1. The third-order valence-electron chi connectivity index (χ3n) is 4.58. The Bertz CT molecular complexity index is 650. The molecule has 3 rings (SSSR count). The van der Waals surface area contributed by atoms with Gasteiger partial charge >= 0.3 is 0 Å². The van der Waals surface area contributed by atoms with Gasteiger partial charge in [0.15, 0.2) is 11.5 Å². The molecule has 5 nitrogen and oxygen atoms in total. The number of amides is 1. The number of rotatable bonds is 5. The van der Waals surface area contributed by atoms with Gasteiger partial charge in [0.2, 0.25) is 12.7 Å². The van der Waals surface area contributed by atoms with Crippen LogP contribution in [0.1, 0.15) is 31.4 Å². The van der Waals surface area contributed by atoms with Crippen molar-refractivity contribution in [3.63, 3.8) is 0 Å². The summed E-state index contributed by atoms with van der Waals surface area (Å²) in [5.74, 6) is 2.23. The summed E-state index contributed by atoms with van der Waals surface area (Å²) in [5.41, 5.74) is 3.55. The first kappa shape index (κ1) is 16.8. The molecule has 1 N–H and O–H groups in total. The Hall–Kier alpha value is -2.01. The van der Waals surface area contributed by atoms with Crippen molar-refractivity contribution in [2.24, 2.45) is 5.92 Å². The van der Waals surface area contributed by atoms with Crippen molar-refractivity contribution in [1.29, 1.82) is 0 Å². The fourth-order valence-corrected chi connectivity index (χ4v) is 3.28. The molecule has 1 aromatic rings. The molecule has 2 aliphatic rings. The maximum atomic E-state index is 11.7. The van der Waals surface area contributed by atoms with Crippen molar-refractivity contribution in [2.75, 3.05) is 26.4 Å². The number of nitrogens with zero attached hydrogens (tertiary/aromatic N) is 1. The van der Waals surface area contributed by atoms with E-state index in [1.54, 1.807) is 6.08 Å². The minimum atomic E-state index is 0.0139. The first-order chi connectivity index (χ1) is 11.5. The zero-order chi connectivity index (χ0) is 17.1. The van der Waals surface area contributed by atoms with E-state index < -0.39 is 0 Å². The molecule has 1 aromatic carbocycles. The number of likely N-dealkylation sites (tertiary alicyclic amines) is 1. The molecule has 1 atom stereocenters. The smallest absolute Gasteiger partial charge is 0.243 e. The van der Waals surface area contributed by atoms with Crippen LogP contribution in [0.3, 0.4) is 0 Å². The molecule has 0 saturated carbocycles. The molecule has 0 radical (unpaired) electrons. The average molecular weight is 330 g/mol. The Balaban J connectivity index is 1.52. The van der Waals surface area contributed by atoms with Crippen LogP contribution in [0.15, 0.2) is 23.8 Å². The van der Waals surface area contributed by atoms with Crippen LogP contribution in [-0.4, -0.2) is 37.2 Å². The second kappa shape index (κ2) is 7.26. The van der Waals surface area contributed by atoms with Gasteiger partial charge < -0.3 is 14.8 Å². The highest BCUT2D eigenvalue weighted by molar-refractivity contribution is 5.87. The van der Waals surface area contributed by atoms with Gasteiger partial charge in [-0.1, -0.05) is 5.57 Å². The quantitative estimate of drug-likeness (QED) is 0.843. The highest BCUT2D eigenvalue weighted by Gasteiger charge is 2.24. The lowest BCUT2D eigenvalue weighted by Gasteiger charge is -2.18. The summed E-state index contributed by atoms with van der Waals surface area (Å²) in [7, 11) is 0. The van der Waals surface area contributed by atoms with Crippen molar-refractivity contribution < 1.29 is 14.3 Å². The molecule has 0 spiro atoms. The third-order valence-corrected chi connectivity index (χ3v) is 4.58. The summed E-state index contributed by atoms with van der Waals surface area (Å²) in [5, 5.41) is 3.01. The van der Waals surface area contributed by atoms with E-state index >= 15 is 0 Å². The molecule has 0 aromatic heterocycles. The lowest BCUT2D eigenvalue weighted by atomic mass is 10.1. The van der Waals surface area contributed by atoms with E-state index in [1.807, 2.05) is 13.8 Å². The molecule has 0 aliphatic carbocycles. The number of carbonyl (C=O) groups excluding carboxylic acids is 1. The Labute approximate surface area is 143 Å². The fraction of sp³-hybridized carbons (Fsp3) is 0.526. The van der Waals surface area contributed by atoms with Crippen LogP contribution in [0.5, 0.6) is 11.5 Å². The summed E-state index contributed by atoms with van der Waals surface area (Å²) >= 11 is 0. The second-order valence-electron chi connectivity index (χ2n) is 6.99. The number of ether oxygens (including phenoxy) is 2. The number of aryl methyl sites for hydroxylation is 1. The zero-order valence-corrected chi connectivity index (χ0v) is 14.7. The second-order valence-corrected chi connectivity index (χ2v) is 6.99. The molecule has 0 unspecified atom stereocenters. The lowest BCUT2D eigenvalue weighted by Crippen LogP contribution is -2.30. The molecular weight excluding hydrogens is 304 g/mol. The largest absolute Gasteiger partial charge is 0.454 e. The van der Waals surface area contributed by atoms with Crippen LogP contribution in [0.2, 0.25) is 0 Å². The molecule has 1 saturated heterocycles. The van der Waals surface area contributed by atoms with Crippen molar-refractivity contribution in [1.82, 2.24) is 10.2 Å². The van der Waals surface area contributed by atoms with Gasteiger partial charge in [0, 0.05) is 25.7 Å². The molecule has 2 heterocycles. The summed E-state index contributed by atoms with van der Waals surface area (Å²) in [6, 6.07) is 4.16. The summed E-state index contributed by atoms with van der Waals surface area (Å²) in [6.45, 7) is 10.1. The number of benzene rings is 1. The van der Waals surface area contributed by atoms with Gasteiger partial charge in [-0.25, -0.2) is 0 Å². The number of carbonyl (C=O) groups is 1. The molecule has 0 bridgehead atoms. The highest BCUT2D eigenvalue weighted by Crippen LogP contribution is 2.35. The minimum Gasteiger partial charge on any atom is -0.454 e. The van der Waals surface area contributed by atoms with Crippen LogP contribution in [0, 0.1) is 12.8 Å². The normalized spacial score (nSPS) is 19.4. The van der Waals surface area contributed by atoms with Gasteiger partial charge in [0.1, 0.15) is 0 Å². The van der Waals surface area contributed by atoms with Gasteiger partial charge in [-0.05, 0) is 62.9 Å². The van der Waals surface area contributed by atoms with E-state index in [1.165, 1.54) is 11.1 Å². The molecule has 1 amide bonds. The highest BCUT2D eigenvalue weighted by atomic mass is 16.7. The van der Waals surface area contributed by atoms with Crippen LogP contribution in [0.25, 0.3) is 0 Å². The topological polar surface area (TPSA) is 50.8 Å². The Morgan fingerprint density at radius 2 is 2.08 bits per heavy atom. The maximum absolute atomic E-state index is 11.7. The van der Waals surface area contributed by atoms with Gasteiger partial charge in [-0.3, -0.25) is 9.69 Å². The maximum Gasteiger partial charge on any atom is 0.243 e. The van der Waals surface area contributed by atoms with Crippen molar-refractivity contribution in [3.05, 3.63) is 34.9 Å². The summed E-state index contributed by atoms with van der Waals surface area (Å²) in [4.78, 5) is 14.2. The van der Waals surface area contributed by atoms with E-state index in [9.17, 15) is 4.79 Å². The minimum absolute atomic E-state index is 0.0139. The monoisotopic (exact) mass is 330 g/mol. The SMILES string of the molecule is CC(C)=CC(=O)NC[C@H]1CCN(Cc2cc3c(cc2C)OCO3)C1. The molecular formula is C19H26N2O3. The van der Waals surface area contributed by atoms with Gasteiger partial charge in [0.25, 0.3) is 0 Å². The van der Waals surface area contributed by atoms with E-state index in [0.717, 1.165) is 49.7 Å². The first-order valence-electron chi connectivity index (χ1n) is 8.55. The van der Waals surface area contributed by atoms with Crippen LogP contribution >= 0.6 is 0 Å². The van der Waals surface area contributed by atoms with E-state index in [-0.39, 0.29) is 5.91 Å². The number of fused-ring (bicyclic) bond motifs is 1. The number of hydrogen-bond acceptors (Lipinski definition) is 4. The van der Waals surface area contributed by atoms with Crippen LogP contribution < -0.4 is 14.8 Å². The third kappa shape index (κ3) is 4.09. The predicted molar refractivity (Wildman–Crippen MR) is 93.1 cm³/mol. The molecule has 24 heavy (non-hydrogen) atoms. The zero-order valence-electron chi connectivity index (χ0n) is 14.7. The van der Waals surface area contributed by atoms with Crippen molar-refractivity contribution >= 4 is 5.91 Å². The number of hydrogen-bond donors (Lipinski definition) is 1. The predicted octanol–water partition coefficient (Wildman–Crippen LogP) is 2.63. The van der Waals surface area contributed by atoms with Crippen molar-refractivity contribution in [3.8, 4) is 11.5 Å². The van der Waals surface area contributed by atoms with Crippen LogP contribution in [0.4, 0.5) is 0 Å². The number of nitrogens with one attached hydrogen (secondary N) is 1. The van der Waals surface area contributed by atoms with Crippen molar-refractivity contribution in [2.45, 2.75) is 33.7 Å². The van der Waals surface area contributed by atoms with Gasteiger partial charge in [-0.2, -0.15) is 0 Å². The molecule has 5 heteroatoms. The van der Waals surface area contributed by atoms with E-state index in [2.05, 4.69) is 29.3 Å². The van der Waals surface area contributed by atoms with Crippen LogP contribution in [-0.2, 0) is 11.3 Å². The van der Waals surface area contributed by atoms with E-state index in [0.29, 0.717) is 12.7 Å². The summed E-state index contributed by atoms with van der Waals surface area (Å²) in [6.07, 6.45) is 2.78. The average Bonchev–Trinajstić information content (AvgIpc) is 3.14. The first-order valence-corrected chi connectivity index (χ1v) is 8.55. The summed E-state index contributed by atoms with van der Waals surface area (Å²) < 4.78 is 10.9.